The SMILES string of the molecule is Cc1cc2c(N3CC4CCC(C3)O4)nc(-c3ccc([N+](=O)[O-])cc3)nn2c1.O=C=O. The van der Waals surface area contributed by atoms with Gasteiger partial charge in [-0.05, 0) is 43.5 Å². The number of nitro benzene ring substituents is 1. The summed E-state index contributed by atoms with van der Waals surface area (Å²) in [5.74, 6) is 1.45. The molecule has 2 aromatic heterocycles. The van der Waals surface area contributed by atoms with E-state index in [-0.39, 0.29) is 24.0 Å². The van der Waals surface area contributed by atoms with Crippen LogP contribution in [0.5, 0.6) is 0 Å². The second-order valence-electron chi connectivity index (χ2n) is 7.36. The van der Waals surface area contributed by atoms with Gasteiger partial charge in [-0.2, -0.15) is 9.59 Å². The first kappa shape index (κ1) is 19.7. The molecule has 1 aromatic carbocycles. The van der Waals surface area contributed by atoms with Crippen molar-refractivity contribution in [3.05, 3.63) is 52.2 Å². The molecule has 0 saturated carbocycles. The fraction of sp³-hybridized carbons (Fsp3) is 0.350. The minimum absolute atomic E-state index is 0.0571. The molecule has 30 heavy (non-hydrogen) atoms. The van der Waals surface area contributed by atoms with Crippen molar-refractivity contribution in [3.63, 3.8) is 0 Å². The van der Waals surface area contributed by atoms with E-state index in [0.29, 0.717) is 5.82 Å². The molecule has 10 heteroatoms. The number of anilines is 1. The molecule has 4 heterocycles. The van der Waals surface area contributed by atoms with Gasteiger partial charge in [0.15, 0.2) is 11.6 Å². The van der Waals surface area contributed by atoms with Crippen molar-refractivity contribution >= 4 is 23.2 Å². The predicted octanol–water partition coefficient (Wildman–Crippen LogP) is 2.40. The number of carbonyl (C=O) groups excluding carboxylic acids is 2. The van der Waals surface area contributed by atoms with Crippen LogP contribution in [0.2, 0.25) is 0 Å². The Morgan fingerprint density at radius 1 is 1.17 bits per heavy atom. The summed E-state index contributed by atoms with van der Waals surface area (Å²) < 4.78 is 7.81. The number of rotatable bonds is 3. The molecule has 154 valence electrons. The highest BCUT2D eigenvalue weighted by Crippen LogP contribution is 2.32. The van der Waals surface area contributed by atoms with Gasteiger partial charge in [0.1, 0.15) is 5.52 Å². The molecule has 5 rings (SSSR count). The maximum atomic E-state index is 10.9. The topological polar surface area (TPSA) is 120 Å². The standard InChI is InChI=1S/C19H19N5O3.CO2/c1-12-8-17-19(22-10-15-6-7-16(11-22)27-15)20-18(21-23(17)9-12)13-2-4-14(5-3-13)24(25)26;2-1-3/h2-5,8-9,15-16H,6-7,10-11H2,1H3;. The van der Waals surface area contributed by atoms with E-state index in [2.05, 4.69) is 16.1 Å². The second-order valence-corrected chi connectivity index (χ2v) is 7.36. The van der Waals surface area contributed by atoms with E-state index in [1.54, 1.807) is 12.1 Å². The zero-order valence-electron chi connectivity index (χ0n) is 16.2. The number of aromatic nitrogens is 3. The molecule has 2 aliphatic rings. The maximum absolute atomic E-state index is 10.9. The van der Waals surface area contributed by atoms with E-state index in [9.17, 15) is 10.1 Å². The average molecular weight is 409 g/mol. The minimum atomic E-state index is -0.405. The fourth-order valence-corrected chi connectivity index (χ4v) is 3.99. The highest BCUT2D eigenvalue weighted by atomic mass is 16.6. The van der Waals surface area contributed by atoms with Crippen molar-refractivity contribution in [2.24, 2.45) is 0 Å². The van der Waals surface area contributed by atoms with E-state index < -0.39 is 4.92 Å². The molecule has 0 radical (unpaired) electrons. The van der Waals surface area contributed by atoms with Crippen LogP contribution in [-0.4, -0.2) is 51.0 Å². The largest absolute Gasteiger partial charge is 0.373 e. The van der Waals surface area contributed by atoms with Gasteiger partial charge in [0, 0.05) is 37.0 Å². The third-order valence-electron chi connectivity index (χ3n) is 5.26. The van der Waals surface area contributed by atoms with Gasteiger partial charge < -0.3 is 9.64 Å². The van der Waals surface area contributed by atoms with Crippen molar-refractivity contribution in [1.82, 2.24) is 14.6 Å². The Kier molecular flexibility index (Phi) is 5.26. The molecule has 2 saturated heterocycles. The number of fused-ring (bicyclic) bond motifs is 3. The number of aryl methyl sites for hydroxylation is 1. The second kappa shape index (κ2) is 8.02. The number of benzene rings is 1. The monoisotopic (exact) mass is 409 g/mol. The normalized spacial score (nSPS) is 19.8. The smallest absolute Gasteiger partial charge is 0.371 e. The highest BCUT2D eigenvalue weighted by molar-refractivity contribution is 5.73. The molecule has 10 nitrogen and oxygen atoms in total. The number of hydrogen-bond acceptors (Lipinski definition) is 8. The predicted molar refractivity (Wildman–Crippen MR) is 105 cm³/mol. The van der Waals surface area contributed by atoms with Gasteiger partial charge in [-0.3, -0.25) is 10.1 Å². The van der Waals surface area contributed by atoms with Crippen LogP contribution in [0.1, 0.15) is 18.4 Å². The maximum Gasteiger partial charge on any atom is 0.373 e. The first-order valence-electron chi connectivity index (χ1n) is 9.50. The first-order valence-corrected chi connectivity index (χ1v) is 9.50. The number of morpholine rings is 1. The van der Waals surface area contributed by atoms with Gasteiger partial charge in [-0.15, -0.1) is 5.10 Å². The summed E-state index contributed by atoms with van der Waals surface area (Å²) in [5, 5.41) is 15.5. The van der Waals surface area contributed by atoms with E-state index in [1.807, 2.05) is 17.6 Å². The van der Waals surface area contributed by atoms with E-state index in [1.165, 1.54) is 12.1 Å². The number of hydrogen-bond donors (Lipinski definition) is 0. The van der Waals surface area contributed by atoms with Crippen LogP contribution >= 0.6 is 0 Å². The van der Waals surface area contributed by atoms with Crippen LogP contribution in [0.4, 0.5) is 11.5 Å². The summed E-state index contributed by atoms with van der Waals surface area (Å²) in [6, 6.07) is 8.45. The van der Waals surface area contributed by atoms with Gasteiger partial charge in [0.25, 0.3) is 5.69 Å². The van der Waals surface area contributed by atoms with Crippen LogP contribution < -0.4 is 4.90 Å². The summed E-state index contributed by atoms with van der Waals surface area (Å²) in [6.45, 7) is 3.69. The Labute approximate surface area is 171 Å². The van der Waals surface area contributed by atoms with Crippen LogP contribution in [0, 0.1) is 17.0 Å². The van der Waals surface area contributed by atoms with Crippen molar-refractivity contribution < 1.29 is 19.2 Å². The van der Waals surface area contributed by atoms with Gasteiger partial charge in [0.2, 0.25) is 0 Å². The van der Waals surface area contributed by atoms with Crippen molar-refractivity contribution in [2.75, 3.05) is 18.0 Å². The lowest BCUT2D eigenvalue weighted by molar-refractivity contribution is -0.384. The van der Waals surface area contributed by atoms with Gasteiger partial charge in [-0.1, -0.05) is 0 Å². The number of ether oxygens (including phenoxy) is 1. The number of nitro groups is 1. The lowest BCUT2D eigenvalue weighted by Gasteiger charge is -2.33. The zero-order valence-corrected chi connectivity index (χ0v) is 16.2. The number of nitrogens with zero attached hydrogens (tertiary/aromatic N) is 5. The van der Waals surface area contributed by atoms with E-state index in [0.717, 1.165) is 48.4 Å². The molecular weight excluding hydrogens is 390 g/mol. The first-order chi connectivity index (χ1) is 14.5. The highest BCUT2D eigenvalue weighted by Gasteiger charge is 2.35. The Bertz CT molecular complexity index is 1110. The lowest BCUT2D eigenvalue weighted by Crippen LogP contribution is -2.43. The molecule has 2 bridgehead atoms. The third kappa shape index (κ3) is 3.78. The van der Waals surface area contributed by atoms with Gasteiger partial charge in [0.05, 0.1) is 17.1 Å². The van der Waals surface area contributed by atoms with Crippen molar-refractivity contribution in [2.45, 2.75) is 32.0 Å². The molecule has 3 aromatic rings. The molecule has 0 amide bonds. The average Bonchev–Trinajstić information content (AvgIpc) is 3.28. The molecule has 2 unspecified atom stereocenters. The molecule has 0 spiro atoms. The molecule has 0 N–H and O–H groups in total. The zero-order chi connectivity index (χ0) is 21.3. The summed E-state index contributed by atoms with van der Waals surface area (Å²) in [7, 11) is 0. The molecular formula is C20H19N5O5. The van der Waals surface area contributed by atoms with Crippen LogP contribution in [0.15, 0.2) is 36.5 Å². The van der Waals surface area contributed by atoms with E-state index >= 15 is 0 Å². The van der Waals surface area contributed by atoms with Gasteiger partial charge in [-0.25, -0.2) is 9.50 Å². The summed E-state index contributed by atoms with van der Waals surface area (Å²) >= 11 is 0. The van der Waals surface area contributed by atoms with Crippen molar-refractivity contribution in [3.8, 4) is 11.4 Å². The quantitative estimate of drug-likeness (QED) is 0.478. The summed E-state index contributed by atoms with van der Waals surface area (Å²) in [6.07, 6.45) is 4.94. The van der Waals surface area contributed by atoms with Crippen LogP contribution in [0.25, 0.3) is 16.9 Å². The molecule has 2 fully saturated rings. The Balaban J connectivity index is 0.000000687. The minimum Gasteiger partial charge on any atom is -0.371 e. The number of non-ortho nitro benzene ring substituents is 1. The molecule has 0 aliphatic carbocycles. The summed E-state index contributed by atoms with van der Waals surface area (Å²) in [4.78, 5) is 33.9. The Morgan fingerprint density at radius 3 is 2.40 bits per heavy atom. The molecule has 2 aliphatic heterocycles. The fourth-order valence-electron chi connectivity index (χ4n) is 3.99. The Hall–Kier alpha value is -3.62. The lowest BCUT2D eigenvalue weighted by atomic mass is 10.2. The van der Waals surface area contributed by atoms with Crippen LogP contribution in [-0.2, 0) is 14.3 Å². The third-order valence-corrected chi connectivity index (χ3v) is 5.26. The van der Waals surface area contributed by atoms with Crippen LogP contribution in [0.3, 0.4) is 0 Å². The van der Waals surface area contributed by atoms with Crippen molar-refractivity contribution in [1.29, 1.82) is 0 Å². The van der Waals surface area contributed by atoms with Gasteiger partial charge >= 0.3 is 6.15 Å². The van der Waals surface area contributed by atoms with E-state index in [4.69, 9.17) is 19.3 Å². The Morgan fingerprint density at radius 2 is 1.80 bits per heavy atom. The summed E-state index contributed by atoms with van der Waals surface area (Å²) in [5.41, 5.74) is 2.90. The molecule has 2 atom stereocenters.